The van der Waals surface area contributed by atoms with Crippen LogP contribution in [0, 0.1) is 0 Å². The molecule has 0 saturated carbocycles. The molecule has 0 nitrogen and oxygen atoms in total. The zero-order valence-electron chi connectivity index (χ0n) is 6.62. The van der Waals surface area contributed by atoms with E-state index >= 15 is 0 Å². The number of unbranched alkanes of at least 4 members (excludes halogenated alkanes) is 2. The van der Waals surface area contributed by atoms with Crippen molar-refractivity contribution in [1.29, 1.82) is 0 Å². The second-order valence-electron chi connectivity index (χ2n) is 2.43. The van der Waals surface area contributed by atoms with Gasteiger partial charge in [-0.15, -0.1) is 0 Å². The van der Waals surface area contributed by atoms with Gasteiger partial charge in [-0.2, -0.15) is 13.2 Å². The minimum absolute atomic E-state index is 0.757. The van der Waals surface area contributed by atoms with Gasteiger partial charge in [0.1, 0.15) is 0 Å². The fraction of sp³-hybridized carbons (Fsp3) is 0.750. The van der Waals surface area contributed by atoms with Crippen LogP contribution in [0.1, 0.15) is 32.6 Å². The van der Waals surface area contributed by atoms with Crippen LogP contribution < -0.4 is 0 Å². The molecule has 0 aliphatic heterocycles. The summed E-state index contributed by atoms with van der Waals surface area (Å²) in [5.74, 6) is 0. The maximum atomic E-state index is 11.5. The van der Waals surface area contributed by atoms with Crippen LogP contribution in [-0.4, -0.2) is 6.18 Å². The third-order valence-corrected chi connectivity index (χ3v) is 1.24. The average molecular weight is 166 g/mol. The summed E-state index contributed by atoms with van der Waals surface area (Å²) in [6.07, 6.45) is 0.698. The molecule has 0 aliphatic carbocycles. The van der Waals surface area contributed by atoms with Crippen LogP contribution in [0.3, 0.4) is 0 Å². The molecule has 0 saturated heterocycles. The molecule has 0 amide bonds. The van der Waals surface area contributed by atoms with Crippen molar-refractivity contribution < 1.29 is 13.2 Å². The highest BCUT2D eigenvalue weighted by Crippen LogP contribution is 2.19. The number of hydrogen-bond donors (Lipinski definition) is 0. The van der Waals surface area contributed by atoms with Crippen molar-refractivity contribution >= 4 is 0 Å². The fourth-order valence-electron chi connectivity index (χ4n) is 0.657. The minimum atomic E-state index is -4.04. The van der Waals surface area contributed by atoms with Crippen LogP contribution in [-0.2, 0) is 0 Å². The molecular formula is C8H13F3. The molecule has 0 unspecified atom stereocenters. The van der Waals surface area contributed by atoms with Crippen LogP contribution >= 0.6 is 0 Å². The number of allylic oxidation sites excluding steroid dienone is 2. The van der Waals surface area contributed by atoms with E-state index in [4.69, 9.17) is 0 Å². The van der Waals surface area contributed by atoms with Gasteiger partial charge in [0.25, 0.3) is 0 Å². The normalized spacial score (nSPS) is 12.7. The summed E-state index contributed by atoms with van der Waals surface area (Å²) < 4.78 is 34.5. The summed E-state index contributed by atoms with van der Waals surface area (Å²) in [6, 6.07) is 0. The first kappa shape index (κ1) is 10.5. The van der Waals surface area contributed by atoms with Gasteiger partial charge in [-0.1, -0.05) is 31.9 Å². The highest BCUT2D eigenvalue weighted by molar-refractivity contribution is 4.83. The molecule has 0 rings (SSSR count). The van der Waals surface area contributed by atoms with E-state index in [1.807, 2.05) is 6.92 Å². The summed E-state index contributed by atoms with van der Waals surface area (Å²) in [4.78, 5) is 0. The van der Waals surface area contributed by atoms with Crippen molar-refractivity contribution in [2.75, 3.05) is 0 Å². The average Bonchev–Trinajstić information content (AvgIpc) is 1.85. The van der Waals surface area contributed by atoms with Crippen molar-refractivity contribution in [2.24, 2.45) is 0 Å². The van der Waals surface area contributed by atoms with Crippen molar-refractivity contribution in [2.45, 2.75) is 38.8 Å². The topological polar surface area (TPSA) is 0 Å². The van der Waals surface area contributed by atoms with Crippen LogP contribution in [0.5, 0.6) is 0 Å². The lowest BCUT2D eigenvalue weighted by Crippen LogP contribution is -2.03. The van der Waals surface area contributed by atoms with Gasteiger partial charge >= 0.3 is 6.18 Å². The minimum Gasteiger partial charge on any atom is -0.171 e. The third kappa shape index (κ3) is 9.53. The van der Waals surface area contributed by atoms with Crippen molar-refractivity contribution in [3.05, 3.63) is 12.2 Å². The Bertz CT molecular complexity index is 113. The molecule has 0 aromatic rings. The second-order valence-corrected chi connectivity index (χ2v) is 2.43. The van der Waals surface area contributed by atoms with Gasteiger partial charge in [-0.25, -0.2) is 0 Å². The molecular weight excluding hydrogens is 153 g/mol. The Morgan fingerprint density at radius 3 is 2.27 bits per heavy atom. The van der Waals surface area contributed by atoms with Gasteiger partial charge < -0.3 is 0 Å². The summed E-state index contributed by atoms with van der Waals surface area (Å²) in [7, 11) is 0. The predicted octanol–water partition coefficient (Wildman–Crippen LogP) is 3.69. The molecule has 0 radical (unpaired) electrons. The number of hydrogen-bond acceptors (Lipinski definition) is 0. The molecule has 0 aliphatic rings. The quantitative estimate of drug-likeness (QED) is 0.441. The van der Waals surface area contributed by atoms with E-state index in [9.17, 15) is 13.2 Å². The number of rotatable bonds is 4. The van der Waals surface area contributed by atoms with E-state index in [0.29, 0.717) is 0 Å². The third-order valence-electron chi connectivity index (χ3n) is 1.24. The van der Waals surface area contributed by atoms with Crippen molar-refractivity contribution in [1.82, 2.24) is 0 Å². The largest absolute Gasteiger partial charge is 0.392 e. The SMILES string of the molecule is CCCCC=CCC(F)(F)F. The van der Waals surface area contributed by atoms with Gasteiger partial charge in [-0.3, -0.25) is 0 Å². The molecule has 11 heavy (non-hydrogen) atoms. The predicted molar refractivity (Wildman–Crippen MR) is 39.3 cm³/mol. The Kier molecular flexibility index (Phi) is 4.99. The van der Waals surface area contributed by atoms with E-state index < -0.39 is 12.6 Å². The Balaban J connectivity index is 3.30. The molecule has 3 heteroatoms. The molecule has 0 N–H and O–H groups in total. The molecule has 0 aromatic heterocycles. The van der Waals surface area contributed by atoms with Crippen molar-refractivity contribution in [3.63, 3.8) is 0 Å². The van der Waals surface area contributed by atoms with E-state index in [-0.39, 0.29) is 0 Å². The van der Waals surface area contributed by atoms with E-state index in [0.717, 1.165) is 19.3 Å². The Hall–Kier alpha value is -0.470. The van der Waals surface area contributed by atoms with Gasteiger partial charge in [-0.05, 0) is 6.42 Å². The summed E-state index contributed by atoms with van der Waals surface area (Å²) >= 11 is 0. The number of alkyl halides is 3. The highest BCUT2D eigenvalue weighted by Gasteiger charge is 2.24. The summed E-state index contributed by atoms with van der Waals surface area (Å²) in [5.41, 5.74) is 0. The maximum absolute atomic E-state index is 11.5. The molecule has 0 atom stereocenters. The van der Waals surface area contributed by atoms with Crippen molar-refractivity contribution in [3.8, 4) is 0 Å². The second kappa shape index (κ2) is 5.22. The first-order valence-corrected chi connectivity index (χ1v) is 3.78. The van der Waals surface area contributed by atoms with E-state index in [1.165, 1.54) is 6.08 Å². The van der Waals surface area contributed by atoms with Crippen LogP contribution in [0.25, 0.3) is 0 Å². The lowest BCUT2D eigenvalue weighted by Gasteiger charge is -1.99. The Morgan fingerprint density at radius 2 is 1.82 bits per heavy atom. The molecule has 66 valence electrons. The maximum Gasteiger partial charge on any atom is 0.392 e. The van der Waals surface area contributed by atoms with Gasteiger partial charge in [0, 0.05) is 0 Å². The molecule has 0 spiro atoms. The fourth-order valence-corrected chi connectivity index (χ4v) is 0.657. The lowest BCUT2D eigenvalue weighted by molar-refractivity contribution is -0.125. The first-order chi connectivity index (χ1) is 5.06. The van der Waals surface area contributed by atoms with Crippen LogP contribution in [0.2, 0.25) is 0 Å². The van der Waals surface area contributed by atoms with Gasteiger partial charge in [0.2, 0.25) is 0 Å². The lowest BCUT2D eigenvalue weighted by atomic mass is 10.2. The van der Waals surface area contributed by atoms with Crippen LogP contribution in [0.15, 0.2) is 12.2 Å². The molecule has 0 aromatic carbocycles. The summed E-state index contributed by atoms with van der Waals surface area (Å²) in [6.45, 7) is 2.01. The monoisotopic (exact) mass is 166 g/mol. The van der Waals surface area contributed by atoms with E-state index in [1.54, 1.807) is 6.08 Å². The first-order valence-electron chi connectivity index (χ1n) is 3.78. The molecule has 0 bridgehead atoms. The standard InChI is InChI=1S/C8H13F3/c1-2-3-4-5-6-7-8(9,10)11/h5-6H,2-4,7H2,1H3. The summed E-state index contributed by atoms with van der Waals surface area (Å²) in [5, 5.41) is 0. The van der Waals surface area contributed by atoms with E-state index in [2.05, 4.69) is 0 Å². The zero-order chi connectivity index (χ0) is 8.74. The molecule has 0 heterocycles. The smallest absolute Gasteiger partial charge is 0.171 e. The zero-order valence-corrected chi connectivity index (χ0v) is 6.62. The Labute approximate surface area is 65.1 Å². The number of halogens is 3. The van der Waals surface area contributed by atoms with Crippen LogP contribution in [0.4, 0.5) is 13.2 Å². The van der Waals surface area contributed by atoms with Gasteiger partial charge in [0.05, 0.1) is 6.42 Å². The highest BCUT2D eigenvalue weighted by atomic mass is 19.4. The molecule has 0 fully saturated rings. The Morgan fingerprint density at radius 1 is 1.18 bits per heavy atom. The van der Waals surface area contributed by atoms with Gasteiger partial charge in [0.15, 0.2) is 0 Å².